The summed E-state index contributed by atoms with van der Waals surface area (Å²) in [6, 6.07) is 10.2. The third-order valence-electron chi connectivity index (χ3n) is 3.90. The SMILES string of the molecule is Cc1cc(C)cc(-c2nnc(SCC(=O)Nc3ccc([N+](=O)[O-])cc3C)o2)c1. The largest absolute Gasteiger partial charge is 0.411 e. The smallest absolute Gasteiger partial charge is 0.277 e. The zero-order chi connectivity index (χ0) is 20.3. The first kappa shape index (κ1) is 19.6. The van der Waals surface area contributed by atoms with Crippen molar-refractivity contribution in [3.63, 3.8) is 0 Å². The monoisotopic (exact) mass is 398 g/mol. The van der Waals surface area contributed by atoms with Gasteiger partial charge in [0.25, 0.3) is 10.9 Å². The molecule has 1 amide bonds. The van der Waals surface area contributed by atoms with Crippen molar-refractivity contribution in [1.29, 1.82) is 0 Å². The Balaban J connectivity index is 1.61. The van der Waals surface area contributed by atoms with E-state index in [-0.39, 0.29) is 17.3 Å². The van der Waals surface area contributed by atoms with Crippen LogP contribution in [0.15, 0.2) is 46.0 Å². The minimum absolute atomic E-state index is 0.0188. The summed E-state index contributed by atoms with van der Waals surface area (Å²) in [5.41, 5.74) is 4.15. The average molecular weight is 398 g/mol. The Hall–Kier alpha value is -3.20. The molecule has 0 atom stereocenters. The van der Waals surface area contributed by atoms with Crippen LogP contribution in [0.5, 0.6) is 0 Å². The fourth-order valence-electron chi connectivity index (χ4n) is 2.70. The number of rotatable bonds is 6. The predicted octanol–water partition coefficient (Wildman–Crippen LogP) is 4.30. The lowest BCUT2D eigenvalue weighted by molar-refractivity contribution is -0.384. The Labute approximate surface area is 165 Å². The van der Waals surface area contributed by atoms with Gasteiger partial charge in [0.1, 0.15) is 0 Å². The molecule has 144 valence electrons. The van der Waals surface area contributed by atoms with Gasteiger partial charge in [0, 0.05) is 23.4 Å². The van der Waals surface area contributed by atoms with E-state index in [4.69, 9.17) is 4.42 Å². The minimum Gasteiger partial charge on any atom is -0.411 e. The van der Waals surface area contributed by atoms with E-state index in [1.165, 1.54) is 18.2 Å². The zero-order valence-electron chi connectivity index (χ0n) is 15.6. The first-order chi connectivity index (χ1) is 13.3. The highest BCUT2D eigenvalue weighted by Crippen LogP contribution is 2.26. The maximum absolute atomic E-state index is 12.2. The fourth-order valence-corrected chi connectivity index (χ4v) is 3.26. The number of nitrogens with zero attached hydrogens (tertiary/aromatic N) is 3. The number of hydrogen-bond donors (Lipinski definition) is 1. The van der Waals surface area contributed by atoms with E-state index in [2.05, 4.69) is 21.6 Å². The zero-order valence-corrected chi connectivity index (χ0v) is 16.4. The van der Waals surface area contributed by atoms with E-state index in [0.717, 1.165) is 28.5 Å². The number of non-ortho nitro benzene ring substituents is 1. The number of hydrogen-bond acceptors (Lipinski definition) is 7. The van der Waals surface area contributed by atoms with Crippen LogP contribution in [0.3, 0.4) is 0 Å². The molecule has 0 spiro atoms. The van der Waals surface area contributed by atoms with Gasteiger partial charge in [0.2, 0.25) is 11.8 Å². The summed E-state index contributed by atoms with van der Waals surface area (Å²) in [5.74, 6) is 0.208. The number of thioether (sulfide) groups is 1. The van der Waals surface area contributed by atoms with E-state index in [1.54, 1.807) is 6.92 Å². The highest BCUT2D eigenvalue weighted by atomic mass is 32.2. The van der Waals surface area contributed by atoms with Crippen LogP contribution in [0.25, 0.3) is 11.5 Å². The highest BCUT2D eigenvalue weighted by molar-refractivity contribution is 7.99. The number of benzene rings is 2. The van der Waals surface area contributed by atoms with Crippen LogP contribution < -0.4 is 5.32 Å². The number of nitro groups is 1. The van der Waals surface area contributed by atoms with E-state index in [9.17, 15) is 14.9 Å². The van der Waals surface area contributed by atoms with Crippen molar-refractivity contribution in [2.75, 3.05) is 11.1 Å². The lowest BCUT2D eigenvalue weighted by atomic mass is 10.1. The van der Waals surface area contributed by atoms with Crippen molar-refractivity contribution in [2.24, 2.45) is 0 Å². The van der Waals surface area contributed by atoms with Crippen molar-refractivity contribution in [1.82, 2.24) is 10.2 Å². The molecule has 0 saturated carbocycles. The quantitative estimate of drug-likeness (QED) is 0.374. The maximum Gasteiger partial charge on any atom is 0.277 e. The summed E-state index contributed by atoms with van der Waals surface area (Å²) in [7, 11) is 0. The molecule has 1 N–H and O–H groups in total. The molecule has 0 aliphatic rings. The second kappa shape index (κ2) is 8.22. The number of carbonyl (C=O) groups excluding carboxylic acids is 1. The third-order valence-corrected chi connectivity index (χ3v) is 4.72. The maximum atomic E-state index is 12.2. The Morgan fingerprint density at radius 3 is 2.50 bits per heavy atom. The molecule has 0 bridgehead atoms. The second-order valence-electron chi connectivity index (χ2n) is 6.34. The normalized spacial score (nSPS) is 10.7. The van der Waals surface area contributed by atoms with Crippen LogP contribution in [-0.2, 0) is 4.79 Å². The molecular formula is C19H18N4O4S. The first-order valence-electron chi connectivity index (χ1n) is 8.41. The number of carbonyl (C=O) groups is 1. The summed E-state index contributed by atoms with van der Waals surface area (Å²) in [4.78, 5) is 22.5. The molecule has 9 heteroatoms. The Morgan fingerprint density at radius 1 is 1.14 bits per heavy atom. The van der Waals surface area contributed by atoms with E-state index < -0.39 is 4.92 Å². The number of nitro benzene ring substituents is 1. The molecule has 28 heavy (non-hydrogen) atoms. The van der Waals surface area contributed by atoms with Crippen molar-refractivity contribution in [2.45, 2.75) is 26.0 Å². The van der Waals surface area contributed by atoms with Crippen molar-refractivity contribution in [3.8, 4) is 11.5 Å². The predicted molar refractivity (Wildman–Crippen MR) is 106 cm³/mol. The van der Waals surface area contributed by atoms with Gasteiger partial charge >= 0.3 is 0 Å². The molecule has 0 radical (unpaired) electrons. The van der Waals surface area contributed by atoms with Gasteiger partial charge < -0.3 is 9.73 Å². The summed E-state index contributed by atoms with van der Waals surface area (Å²) in [6.45, 7) is 5.68. The number of aryl methyl sites for hydroxylation is 3. The van der Waals surface area contributed by atoms with Crippen LogP contribution in [0, 0.1) is 30.9 Å². The van der Waals surface area contributed by atoms with Gasteiger partial charge in [-0.05, 0) is 44.5 Å². The molecule has 0 fully saturated rings. The van der Waals surface area contributed by atoms with Gasteiger partial charge in [-0.1, -0.05) is 29.0 Å². The van der Waals surface area contributed by atoms with E-state index in [1.807, 2.05) is 26.0 Å². The Morgan fingerprint density at radius 2 is 1.86 bits per heavy atom. The summed E-state index contributed by atoms with van der Waals surface area (Å²) in [6.07, 6.45) is 0. The van der Waals surface area contributed by atoms with Crippen molar-refractivity contribution >= 4 is 29.0 Å². The number of amides is 1. The molecule has 0 saturated heterocycles. The molecule has 3 rings (SSSR count). The van der Waals surface area contributed by atoms with Gasteiger partial charge in [-0.2, -0.15) is 0 Å². The standard InChI is InChI=1S/C19H18N4O4S/c1-11-6-12(2)8-14(7-11)18-21-22-19(27-18)28-10-17(24)20-16-5-4-15(23(25)26)9-13(16)3/h4-9H,10H2,1-3H3,(H,20,24). The second-order valence-corrected chi connectivity index (χ2v) is 7.27. The lowest BCUT2D eigenvalue weighted by Gasteiger charge is -2.07. The Bertz CT molecular complexity index is 1030. The topological polar surface area (TPSA) is 111 Å². The number of anilines is 1. The van der Waals surface area contributed by atoms with Gasteiger partial charge in [-0.25, -0.2) is 0 Å². The van der Waals surface area contributed by atoms with E-state index >= 15 is 0 Å². The highest BCUT2D eigenvalue weighted by Gasteiger charge is 2.14. The molecule has 3 aromatic rings. The molecule has 0 aliphatic heterocycles. The molecule has 8 nitrogen and oxygen atoms in total. The van der Waals surface area contributed by atoms with Gasteiger partial charge in [-0.15, -0.1) is 10.2 Å². The lowest BCUT2D eigenvalue weighted by Crippen LogP contribution is -2.14. The average Bonchev–Trinajstić information content (AvgIpc) is 3.10. The fraction of sp³-hybridized carbons (Fsp3) is 0.211. The van der Waals surface area contributed by atoms with Gasteiger partial charge in [0.15, 0.2) is 0 Å². The van der Waals surface area contributed by atoms with Crippen LogP contribution in [-0.4, -0.2) is 26.8 Å². The number of nitrogens with one attached hydrogen (secondary N) is 1. The van der Waals surface area contributed by atoms with Crippen LogP contribution in [0.4, 0.5) is 11.4 Å². The molecular weight excluding hydrogens is 380 g/mol. The summed E-state index contributed by atoms with van der Waals surface area (Å²) < 4.78 is 5.63. The van der Waals surface area contributed by atoms with Crippen molar-refractivity contribution in [3.05, 3.63) is 63.2 Å². The van der Waals surface area contributed by atoms with Crippen LogP contribution >= 0.6 is 11.8 Å². The summed E-state index contributed by atoms with van der Waals surface area (Å²) >= 11 is 1.13. The molecule has 1 aromatic heterocycles. The van der Waals surface area contributed by atoms with E-state index in [0.29, 0.717) is 22.4 Å². The summed E-state index contributed by atoms with van der Waals surface area (Å²) in [5, 5.41) is 21.8. The first-order valence-corrected chi connectivity index (χ1v) is 9.40. The van der Waals surface area contributed by atoms with Gasteiger partial charge in [0.05, 0.1) is 10.7 Å². The van der Waals surface area contributed by atoms with Crippen LogP contribution in [0.1, 0.15) is 16.7 Å². The van der Waals surface area contributed by atoms with Crippen molar-refractivity contribution < 1.29 is 14.1 Å². The minimum atomic E-state index is -0.475. The Kier molecular flexibility index (Phi) is 5.74. The molecule has 0 unspecified atom stereocenters. The number of aromatic nitrogens is 2. The molecule has 0 aliphatic carbocycles. The molecule has 1 heterocycles. The van der Waals surface area contributed by atoms with Crippen LogP contribution in [0.2, 0.25) is 0 Å². The van der Waals surface area contributed by atoms with Gasteiger partial charge in [-0.3, -0.25) is 14.9 Å². The molecule has 2 aromatic carbocycles. The third kappa shape index (κ3) is 4.74.